The van der Waals surface area contributed by atoms with Crippen LogP contribution in [0.5, 0.6) is 0 Å². The number of thiazole rings is 1. The standard InChI is InChI=1S/C15H8ClN3O2S/c16-10-3-1-9(2-4-10)12-8-18-13-6-5-11(19(20)21)7-14(13)22-15(18)17-12/h1-8H. The first-order chi connectivity index (χ1) is 10.6. The van der Waals surface area contributed by atoms with Gasteiger partial charge in [0.1, 0.15) is 0 Å². The van der Waals surface area contributed by atoms with Crippen molar-refractivity contribution in [3.63, 3.8) is 0 Å². The summed E-state index contributed by atoms with van der Waals surface area (Å²) in [6.45, 7) is 0. The lowest BCUT2D eigenvalue weighted by Gasteiger charge is -1.96. The minimum atomic E-state index is -0.388. The topological polar surface area (TPSA) is 60.4 Å². The third kappa shape index (κ3) is 2.04. The van der Waals surface area contributed by atoms with Crippen LogP contribution in [0.2, 0.25) is 5.02 Å². The normalized spacial score (nSPS) is 11.3. The first kappa shape index (κ1) is 13.2. The van der Waals surface area contributed by atoms with Gasteiger partial charge in [-0.15, -0.1) is 0 Å². The summed E-state index contributed by atoms with van der Waals surface area (Å²) >= 11 is 7.33. The van der Waals surface area contributed by atoms with Gasteiger partial charge in [-0.3, -0.25) is 14.5 Å². The lowest BCUT2D eigenvalue weighted by atomic mass is 10.2. The van der Waals surface area contributed by atoms with Gasteiger partial charge in [0.25, 0.3) is 5.69 Å². The molecule has 4 aromatic rings. The van der Waals surface area contributed by atoms with Crippen LogP contribution in [0.25, 0.3) is 26.4 Å². The van der Waals surface area contributed by atoms with Crippen molar-refractivity contribution in [2.75, 3.05) is 0 Å². The second kappa shape index (κ2) is 4.79. The van der Waals surface area contributed by atoms with Crippen molar-refractivity contribution in [2.24, 2.45) is 0 Å². The summed E-state index contributed by atoms with van der Waals surface area (Å²) in [5.41, 5.74) is 2.84. The van der Waals surface area contributed by atoms with E-state index in [-0.39, 0.29) is 10.6 Å². The molecule has 0 atom stereocenters. The van der Waals surface area contributed by atoms with Crippen LogP contribution < -0.4 is 0 Å². The highest BCUT2D eigenvalue weighted by atomic mass is 35.5. The summed E-state index contributed by atoms with van der Waals surface area (Å²) in [5, 5.41) is 11.5. The third-order valence-electron chi connectivity index (χ3n) is 3.43. The van der Waals surface area contributed by atoms with E-state index in [9.17, 15) is 10.1 Å². The molecule has 2 heterocycles. The number of nitro groups is 1. The highest BCUT2D eigenvalue weighted by Crippen LogP contribution is 2.31. The van der Waals surface area contributed by atoms with E-state index < -0.39 is 0 Å². The zero-order chi connectivity index (χ0) is 15.3. The minimum absolute atomic E-state index is 0.0925. The number of benzene rings is 2. The smallest absolute Gasteiger partial charge is 0.270 e. The van der Waals surface area contributed by atoms with Crippen LogP contribution in [0.3, 0.4) is 0 Å². The second-order valence-corrected chi connectivity index (χ2v) is 6.24. The molecule has 4 rings (SSSR count). The first-order valence-corrected chi connectivity index (χ1v) is 7.63. The molecule has 7 heteroatoms. The number of fused-ring (bicyclic) bond motifs is 3. The Labute approximate surface area is 133 Å². The van der Waals surface area contributed by atoms with Gasteiger partial charge in [-0.25, -0.2) is 4.98 Å². The molecule has 0 amide bonds. The summed E-state index contributed by atoms with van der Waals surface area (Å²) < 4.78 is 2.80. The molecular weight excluding hydrogens is 322 g/mol. The van der Waals surface area contributed by atoms with Crippen LogP contribution >= 0.6 is 22.9 Å². The average Bonchev–Trinajstić information content (AvgIpc) is 3.04. The van der Waals surface area contributed by atoms with Crippen molar-refractivity contribution in [2.45, 2.75) is 0 Å². The van der Waals surface area contributed by atoms with Crippen molar-refractivity contribution in [3.05, 3.63) is 63.8 Å². The highest BCUT2D eigenvalue weighted by molar-refractivity contribution is 7.23. The molecule has 0 fully saturated rings. The molecular formula is C15H8ClN3O2S. The third-order valence-corrected chi connectivity index (χ3v) is 4.70. The van der Waals surface area contributed by atoms with Crippen molar-refractivity contribution in [1.29, 1.82) is 0 Å². The Morgan fingerprint density at radius 3 is 2.68 bits per heavy atom. The summed E-state index contributed by atoms with van der Waals surface area (Å²) in [6, 6.07) is 12.3. The number of nitrogens with zero attached hydrogens (tertiary/aromatic N) is 3. The van der Waals surface area contributed by atoms with Gasteiger partial charge >= 0.3 is 0 Å². The van der Waals surface area contributed by atoms with Crippen LogP contribution in [-0.2, 0) is 0 Å². The maximum atomic E-state index is 10.8. The van der Waals surface area contributed by atoms with E-state index in [0.717, 1.165) is 26.4 Å². The Bertz CT molecular complexity index is 1020. The summed E-state index contributed by atoms with van der Waals surface area (Å²) in [7, 11) is 0. The maximum Gasteiger partial charge on any atom is 0.270 e. The molecule has 0 saturated carbocycles. The number of aromatic nitrogens is 2. The molecule has 2 aromatic heterocycles. The van der Waals surface area contributed by atoms with Crippen LogP contribution in [0, 0.1) is 10.1 Å². The Hall–Kier alpha value is -2.44. The van der Waals surface area contributed by atoms with E-state index in [2.05, 4.69) is 4.98 Å². The van der Waals surface area contributed by atoms with Gasteiger partial charge in [0, 0.05) is 28.9 Å². The Morgan fingerprint density at radius 1 is 1.18 bits per heavy atom. The maximum absolute atomic E-state index is 10.8. The van der Waals surface area contributed by atoms with E-state index >= 15 is 0 Å². The zero-order valence-corrected chi connectivity index (χ0v) is 12.6. The molecule has 0 spiro atoms. The Morgan fingerprint density at radius 2 is 1.95 bits per heavy atom. The average molecular weight is 330 g/mol. The number of hydrogen-bond acceptors (Lipinski definition) is 4. The van der Waals surface area contributed by atoms with Crippen LogP contribution in [0.15, 0.2) is 48.7 Å². The molecule has 22 heavy (non-hydrogen) atoms. The monoisotopic (exact) mass is 329 g/mol. The molecule has 0 unspecified atom stereocenters. The number of imidazole rings is 1. The molecule has 0 saturated heterocycles. The van der Waals surface area contributed by atoms with E-state index in [0.29, 0.717) is 5.02 Å². The predicted octanol–water partition coefficient (Wildman–Crippen LogP) is 4.78. The second-order valence-electron chi connectivity index (χ2n) is 4.80. The summed E-state index contributed by atoms with van der Waals surface area (Å²) in [6.07, 6.45) is 1.93. The number of non-ortho nitro benzene ring substituents is 1. The van der Waals surface area contributed by atoms with E-state index in [1.165, 1.54) is 17.4 Å². The van der Waals surface area contributed by atoms with Crippen LogP contribution in [-0.4, -0.2) is 14.3 Å². The molecule has 0 aliphatic heterocycles. The molecule has 2 aromatic carbocycles. The molecule has 0 aliphatic carbocycles. The number of rotatable bonds is 2. The van der Waals surface area contributed by atoms with Gasteiger partial charge in [-0.1, -0.05) is 35.1 Å². The summed E-state index contributed by atoms with van der Waals surface area (Å²) in [4.78, 5) is 15.9. The van der Waals surface area contributed by atoms with Crippen LogP contribution in [0.4, 0.5) is 5.69 Å². The molecule has 5 nitrogen and oxygen atoms in total. The van der Waals surface area contributed by atoms with Gasteiger partial charge in [0.05, 0.1) is 20.8 Å². The lowest BCUT2D eigenvalue weighted by Crippen LogP contribution is -1.86. The van der Waals surface area contributed by atoms with E-state index in [4.69, 9.17) is 11.6 Å². The van der Waals surface area contributed by atoms with Gasteiger partial charge in [-0.2, -0.15) is 0 Å². The van der Waals surface area contributed by atoms with E-state index in [1.54, 1.807) is 12.1 Å². The SMILES string of the molecule is O=[N+]([O-])c1ccc2c(c1)sc1nc(-c3ccc(Cl)cc3)cn12. The number of hydrogen-bond donors (Lipinski definition) is 0. The lowest BCUT2D eigenvalue weighted by molar-refractivity contribution is -0.384. The zero-order valence-electron chi connectivity index (χ0n) is 11.1. The fourth-order valence-electron chi connectivity index (χ4n) is 2.36. The van der Waals surface area contributed by atoms with Crippen molar-refractivity contribution in [3.8, 4) is 11.3 Å². The van der Waals surface area contributed by atoms with Gasteiger partial charge in [0.2, 0.25) is 0 Å². The summed E-state index contributed by atoms with van der Waals surface area (Å²) in [5.74, 6) is 0. The molecule has 108 valence electrons. The molecule has 0 N–H and O–H groups in total. The van der Waals surface area contributed by atoms with Crippen molar-refractivity contribution < 1.29 is 4.92 Å². The minimum Gasteiger partial charge on any atom is -0.290 e. The highest BCUT2D eigenvalue weighted by Gasteiger charge is 2.13. The quantitative estimate of drug-likeness (QED) is 0.393. The van der Waals surface area contributed by atoms with Gasteiger partial charge < -0.3 is 0 Å². The first-order valence-electron chi connectivity index (χ1n) is 6.44. The fourth-order valence-corrected chi connectivity index (χ4v) is 3.53. The number of nitro benzene ring substituents is 1. The Kier molecular flexibility index (Phi) is 2.88. The molecule has 0 bridgehead atoms. The Balaban J connectivity index is 1.88. The molecule has 0 radical (unpaired) electrons. The van der Waals surface area contributed by atoms with Crippen molar-refractivity contribution in [1.82, 2.24) is 9.38 Å². The number of halogens is 1. The van der Waals surface area contributed by atoms with Gasteiger partial charge in [0.15, 0.2) is 4.96 Å². The predicted molar refractivity (Wildman–Crippen MR) is 87.7 cm³/mol. The van der Waals surface area contributed by atoms with Gasteiger partial charge in [-0.05, 0) is 18.2 Å². The largest absolute Gasteiger partial charge is 0.290 e. The van der Waals surface area contributed by atoms with Crippen LogP contribution in [0.1, 0.15) is 0 Å². The van der Waals surface area contributed by atoms with E-state index in [1.807, 2.05) is 34.9 Å². The van der Waals surface area contributed by atoms with Crippen molar-refractivity contribution >= 4 is 43.8 Å². The fraction of sp³-hybridized carbons (Fsp3) is 0. The molecule has 0 aliphatic rings.